The van der Waals surface area contributed by atoms with E-state index < -0.39 is 5.97 Å². The topological polar surface area (TPSA) is 96.5 Å². The number of rotatable bonds is 5. The number of hydrogen-bond acceptors (Lipinski definition) is 5. The van der Waals surface area contributed by atoms with Gasteiger partial charge in [-0.05, 0) is 18.8 Å². The molecule has 0 aliphatic carbocycles. The summed E-state index contributed by atoms with van der Waals surface area (Å²) in [6.07, 6.45) is 1.66. The van der Waals surface area contributed by atoms with E-state index in [0.717, 1.165) is 11.4 Å². The minimum atomic E-state index is -0.781. The molecule has 3 N–H and O–H groups in total. The third kappa shape index (κ3) is 3.51. The van der Waals surface area contributed by atoms with Crippen LogP contribution in [-0.2, 0) is 11.3 Å². The smallest absolute Gasteiger partial charge is 0.303 e. The molecule has 1 atom stereocenters. The first-order chi connectivity index (χ1) is 9.10. The van der Waals surface area contributed by atoms with E-state index in [1.807, 2.05) is 0 Å². The maximum Gasteiger partial charge on any atom is 0.303 e. The molecule has 1 aromatic rings. The Balaban J connectivity index is 1.89. The molecule has 1 unspecified atom stereocenters. The molecule has 1 aliphatic heterocycles. The van der Waals surface area contributed by atoms with Gasteiger partial charge in [0.1, 0.15) is 10.7 Å². The van der Waals surface area contributed by atoms with E-state index in [0.29, 0.717) is 31.7 Å². The molecular formula is C12H17N3O3S. The van der Waals surface area contributed by atoms with Gasteiger partial charge in [0.05, 0.1) is 0 Å². The molecule has 1 aliphatic rings. The molecule has 1 fully saturated rings. The Labute approximate surface area is 115 Å². The van der Waals surface area contributed by atoms with E-state index in [1.54, 1.807) is 10.3 Å². The lowest BCUT2D eigenvalue weighted by molar-refractivity contribution is -0.137. The molecule has 2 rings (SSSR count). The van der Waals surface area contributed by atoms with Gasteiger partial charge in [0.25, 0.3) is 5.91 Å². The van der Waals surface area contributed by atoms with Gasteiger partial charge in [0, 0.05) is 31.4 Å². The van der Waals surface area contributed by atoms with Crippen molar-refractivity contribution in [2.45, 2.75) is 25.8 Å². The normalized spacial score (nSPS) is 18.8. The van der Waals surface area contributed by atoms with Crippen LogP contribution in [0.1, 0.15) is 34.8 Å². The van der Waals surface area contributed by atoms with Crippen molar-refractivity contribution < 1.29 is 14.7 Å². The van der Waals surface area contributed by atoms with E-state index in [1.165, 1.54) is 11.3 Å². The highest BCUT2D eigenvalue weighted by molar-refractivity contribution is 7.09. The summed E-state index contributed by atoms with van der Waals surface area (Å²) in [5.74, 6) is -0.571. The number of hydrogen-bond donors (Lipinski definition) is 2. The zero-order chi connectivity index (χ0) is 13.8. The summed E-state index contributed by atoms with van der Waals surface area (Å²) in [6, 6.07) is 0. The quantitative estimate of drug-likeness (QED) is 0.838. The third-order valence-corrected chi connectivity index (χ3v) is 4.16. The summed E-state index contributed by atoms with van der Waals surface area (Å²) in [7, 11) is 0. The van der Waals surface area contributed by atoms with Crippen molar-refractivity contribution in [3.05, 3.63) is 16.1 Å². The van der Waals surface area contributed by atoms with Crippen LogP contribution in [0.2, 0.25) is 0 Å². The van der Waals surface area contributed by atoms with E-state index in [-0.39, 0.29) is 18.2 Å². The Bertz CT molecular complexity index is 475. The number of nitrogens with two attached hydrogens (primary N) is 1. The largest absolute Gasteiger partial charge is 0.481 e. The van der Waals surface area contributed by atoms with Crippen LogP contribution in [0.25, 0.3) is 0 Å². The lowest BCUT2D eigenvalue weighted by atomic mass is 10.0. The molecule has 1 amide bonds. The van der Waals surface area contributed by atoms with Gasteiger partial charge in [0.15, 0.2) is 0 Å². The first-order valence-electron chi connectivity index (χ1n) is 6.25. The Morgan fingerprint density at radius 3 is 3.00 bits per heavy atom. The molecule has 0 saturated carbocycles. The van der Waals surface area contributed by atoms with Crippen molar-refractivity contribution >= 4 is 23.2 Å². The molecule has 2 heterocycles. The summed E-state index contributed by atoms with van der Waals surface area (Å²) >= 11 is 1.39. The fraction of sp³-hybridized carbons (Fsp3) is 0.583. The van der Waals surface area contributed by atoms with Crippen LogP contribution in [0, 0.1) is 5.92 Å². The van der Waals surface area contributed by atoms with Crippen molar-refractivity contribution in [2.24, 2.45) is 11.7 Å². The Morgan fingerprint density at radius 1 is 1.58 bits per heavy atom. The highest BCUT2D eigenvalue weighted by Gasteiger charge is 2.28. The van der Waals surface area contributed by atoms with Crippen LogP contribution in [0.5, 0.6) is 0 Å². The molecule has 6 nitrogen and oxygen atoms in total. The predicted molar refractivity (Wildman–Crippen MR) is 70.9 cm³/mol. The summed E-state index contributed by atoms with van der Waals surface area (Å²) < 4.78 is 0. The number of carbonyl (C=O) groups excluding carboxylic acids is 1. The van der Waals surface area contributed by atoms with Crippen molar-refractivity contribution in [1.29, 1.82) is 0 Å². The Kier molecular flexibility index (Phi) is 4.49. The highest BCUT2D eigenvalue weighted by Crippen LogP contribution is 2.23. The van der Waals surface area contributed by atoms with E-state index in [4.69, 9.17) is 10.8 Å². The number of aliphatic carboxylic acids is 1. The maximum absolute atomic E-state index is 12.2. The van der Waals surface area contributed by atoms with Gasteiger partial charge in [-0.15, -0.1) is 11.3 Å². The minimum Gasteiger partial charge on any atom is -0.481 e. The SMILES string of the molecule is NCc1nc(C(=O)N2CCC(CCC(=O)O)C2)cs1. The number of likely N-dealkylation sites (tertiary alicyclic amines) is 1. The van der Waals surface area contributed by atoms with E-state index >= 15 is 0 Å². The first kappa shape index (κ1) is 14.0. The molecule has 0 radical (unpaired) electrons. The van der Waals surface area contributed by atoms with Crippen molar-refractivity contribution in [2.75, 3.05) is 13.1 Å². The number of thiazole rings is 1. The van der Waals surface area contributed by atoms with Crippen LogP contribution in [0.3, 0.4) is 0 Å². The van der Waals surface area contributed by atoms with Crippen LogP contribution in [-0.4, -0.2) is 40.0 Å². The van der Waals surface area contributed by atoms with Crippen molar-refractivity contribution in [3.8, 4) is 0 Å². The maximum atomic E-state index is 12.2. The van der Waals surface area contributed by atoms with Gasteiger partial charge in [-0.25, -0.2) is 4.98 Å². The lowest BCUT2D eigenvalue weighted by Crippen LogP contribution is -2.29. The molecule has 19 heavy (non-hydrogen) atoms. The van der Waals surface area contributed by atoms with Crippen molar-refractivity contribution in [1.82, 2.24) is 9.88 Å². The van der Waals surface area contributed by atoms with Gasteiger partial charge in [0.2, 0.25) is 0 Å². The van der Waals surface area contributed by atoms with Crippen LogP contribution < -0.4 is 5.73 Å². The molecule has 7 heteroatoms. The molecule has 1 aromatic heterocycles. The summed E-state index contributed by atoms with van der Waals surface area (Å²) in [5.41, 5.74) is 5.92. The van der Waals surface area contributed by atoms with Gasteiger partial charge >= 0.3 is 5.97 Å². The number of aromatic nitrogens is 1. The zero-order valence-corrected chi connectivity index (χ0v) is 11.4. The van der Waals surface area contributed by atoms with Gasteiger partial charge < -0.3 is 15.7 Å². The zero-order valence-electron chi connectivity index (χ0n) is 10.5. The number of carboxylic acids is 1. The summed E-state index contributed by atoms with van der Waals surface area (Å²) in [4.78, 5) is 28.6. The Hall–Kier alpha value is -1.47. The average Bonchev–Trinajstić information content (AvgIpc) is 3.04. The lowest BCUT2D eigenvalue weighted by Gasteiger charge is -2.14. The van der Waals surface area contributed by atoms with Gasteiger partial charge in [-0.1, -0.05) is 0 Å². The molecule has 104 valence electrons. The molecule has 0 aromatic carbocycles. The first-order valence-corrected chi connectivity index (χ1v) is 7.13. The molecule has 1 saturated heterocycles. The fourth-order valence-electron chi connectivity index (χ4n) is 2.25. The average molecular weight is 283 g/mol. The number of carbonyl (C=O) groups is 2. The van der Waals surface area contributed by atoms with E-state index in [2.05, 4.69) is 4.98 Å². The second kappa shape index (κ2) is 6.12. The monoisotopic (exact) mass is 283 g/mol. The number of amides is 1. The molecule has 0 spiro atoms. The molecule has 0 bridgehead atoms. The second-order valence-corrected chi connectivity index (χ2v) is 5.61. The van der Waals surface area contributed by atoms with Crippen molar-refractivity contribution in [3.63, 3.8) is 0 Å². The van der Waals surface area contributed by atoms with Crippen LogP contribution in [0.15, 0.2) is 5.38 Å². The third-order valence-electron chi connectivity index (χ3n) is 3.28. The van der Waals surface area contributed by atoms with E-state index in [9.17, 15) is 9.59 Å². The second-order valence-electron chi connectivity index (χ2n) is 4.67. The Morgan fingerprint density at radius 2 is 2.37 bits per heavy atom. The fourth-order valence-corrected chi connectivity index (χ4v) is 2.89. The predicted octanol–water partition coefficient (Wildman–Crippen LogP) is 0.929. The molecular weight excluding hydrogens is 266 g/mol. The standard InChI is InChI=1S/C12H17N3O3S/c13-5-10-14-9(7-19-10)12(18)15-4-3-8(6-15)1-2-11(16)17/h7-8H,1-6,13H2,(H,16,17). The van der Waals surface area contributed by atoms with Crippen LogP contribution in [0.4, 0.5) is 0 Å². The van der Waals surface area contributed by atoms with Gasteiger partial charge in [-0.3, -0.25) is 9.59 Å². The minimum absolute atomic E-state index is 0.0752. The van der Waals surface area contributed by atoms with Gasteiger partial charge in [-0.2, -0.15) is 0 Å². The summed E-state index contributed by atoms with van der Waals surface area (Å²) in [6.45, 7) is 1.65. The summed E-state index contributed by atoms with van der Waals surface area (Å²) in [5, 5.41) is 11.1. The number of nitrogens with zero attached hydrogens (tertiary/aromatic N) is 2. The van der Waals surface area contributed by atoms with Crippen LogP contribution >= 0.6 is 11.3 Å². The highest BCUT2D eigenvalue weighted by atomic mass is 32.1. The number of carboxylic acid groups (broad SMARTS) is 1.